The summed E-state index contributed by atoms with van der Waals surface area (Å²) in [6.07, 6.45) is -1.50. The van der Waals surface area contributed by atoms with Crippen LogP contribution in [0.4, 0.5) is 4.79 Å². The molecule has 0 radical (unpaired) electrons. The number of ether oxygens (including phenoxy) is 3. The highest BCUT2D eigenvalue weighted by molar-refractivity contribution is 7.48. The van der Waals surface area contributed by atoms with Crippen molar-refractivity contribution in [2.75, 3.05) is 13.6 Å². The third kappa shape index (κ3) is 11.9. The van der Waals surface area contributed by atoms with Gasteiger partial charge in [-0.1, -0.05) is 127 Å². The molecular weight excluding hydrogens is 669 g/mol. The monoisotopic (exact) mass is 709 g/mol. The standard InChI is InChI=1S/C40H40NO9P/c1-31(42)49-39(26-41(2)40(43)46-28-33-17-9-4-10-18-33)36-23-24-37(38(25-36)45-27-32-15-7-3-8-16-32)50-51(44,47-29-34-19-11-5-12-20-34)48-30-35-21-13-6-14-22-35/h3-25,39H,26-30H2,1-2H3. The summed E-state index contributed by atoms with van der Waals surface area (Å²) in [5.41, 5.74) is 3.75. The minimum atomic E-state index is -4.26. The van der Waals surface area contributed by atoms with Crippen molar-refractivity contribution in [2.24, 2.45) is 0 Å². The fourth-order valence-corrected chi connectivity index (χ4v) is 6.06. The van der Waals surface area contributed by atoms with Gasteiger partial charge < -0.3 is 23.6 Å². The van der Waals surface area contributed by atoms with E-state index in [2.05, 4.69) is 0 Å². The highest BCUT2D eigenvalue weighted by Gasteiger charge is 2.31. The molecule has 0 aromatic heterocycles. The second-order valence-corrected chi connectivity index (χ2v) is 13.1. The summed E-state index contributed by atoms with van der Waals surface area (Å²) < 4.78 is 49.4. The van der Waals surface area contributed by atoms with Crippen molar-refractivity contribution in [3.8, 4) is 11.5 Å². The van der Waals surface area contributed by atoms with Crippen molar-refractivity contribution in [1.29, 1.82) is 0 Å². The molecule has 5 aromatic carbocycles. The molecule has 0 aliphatic heterocycles. The molecule has 51 heavy (non-hydrogen) atoms. The normalized spacial score (nSPS) is 11.6. The molecule has 0 N–H and O–H groups in total. The van der Waals surface area contributed by atoms with Gasteiger partial charge in [0.25, 0.3) is 0 Å². The molecule has 0 fully saturated rings. The Morgan fingerprint density at radius 1 is 0.627 bits per heavy atom. The van der Waals surface area contributed by atoms with E-state index in [0.29, 0.717) is 5.56 Å². The maximum absolute atomic E-state index is 14.3. The van der Waals surface area contributed by atoms with Crippen molar-refractivity contribution in [2.45, 2.75) is 39.5 Å². The summed E-state index contributed by atoms with van der Waals surface area (Å²) >= 11 is 0. The molecule has 264 valence electrons. The number of likely N-dealkylation sites (N-methyl/N-ethyl adjacent to an activating group) is 1. The zero-order valence-corrected chi connectivity index (χ0v) is 29.4. The minimum Gasteiger partial charge on any atom is -0.485 e. The van der Waals surface area contributed by atoms with Crippen molar-refractivity contribution in [1.82, 2.24) is 4.90 Å². The molecule has 1 amide bonds. The average molecular weight is 710 g/mol. The van der Waals surface area contributed by atoms with Crippen LogP contribution in [-0.4, -0.2) is 30.6 Å². The number of nitrogens with zero attached hydrogens (tertiary/aromatic N) is 1. The lowest BCUT2D eigenvalue weighted by Crippen LogP contribution is -2.33. The van der Waals surface area contributed by atoms with Crippen molar-refractivity contribution >= 4 is 19.9 Å². The molecule has 5 rings (SSSR count). The Morgan fingerprint density at radius 2 is 1.10 bits per heavy atom. The molecule has 0 aliphatic rings. The van der Waals surface area contributed by atoms with Crippen molar-refractivity contribution < 1.29 is 41.9 Å². The van der Waals surface area contributed by atoms with Crippen molar-refractivity contribution in [3.63, 3.8) is 0 Å². The smallest absolute Gasteiger partial charge is 0.485 e. The SMILES string of the molecule is CC(=O)OC(CN(C)C(=O)OCc1ccccc1)c1ccc(OP(=O)(OCc2ccccc2)OCc2ccccc2)c(OCc2ccccc2)c1. The van der Waals surface area contributed by atoms with E-state index in [-0.39, 0.29) is 44.5 Å². The van der Waals surface area contributed by atoms with Crippen LogP contribution in [0, 0.1) is 0 Å². The van der Waals surface area contributed by atoms with Crippen LogP contribution in [0.1, 0.15) is 40.8 Å². The maximum Gasteiger partial charge on any atom is 0.530 e. The number of carbonyl (C=O) groups is 2. The second-order valence-electron chi connectivity index (χ2n) is 11.6. The highest BCUT2D eigenvalue weighted by atomic mass is 31.2. The predicted molar refractivity (Wildman–Crippen MR) is 192 cm³/mol. The first kappa shape index (κ1) is 36.9. The number of phosphoric ester groups is 1. The van der Waals surface area contributed by atoms with E-state index in [1.165, 1.54) is 11.8 Å². The molecule has 0 bridgehead atoms. The van der Waals surface area contributed by atoms with Gasteiger partial charge in [0.05, 0.1) is 19.8 Å². The Morgan fingerprint density at radius 3 is 1.59 bits per heavy atom. The van der Waals surface area contributed by atoms with E-state index < -0.39 is 26.0 Å². The Hall–Kier alpha value is -5.41. The van der Waals surface area contributed by atoms with Gasteiger partial charge in [-0.3, -0.25) is 13.8 Å². The fraction of sp³-hybridized carbons (Fsp3) is 0.200. The zero-order valence-electron chi connectivity index (χ0n) is 28.5. The lowest BCUT2D eigenvalue weighted by atomic mass is 10.1. The van der Waals surface area contributed by atoms with Gasteiger partial charge in [-0.05, 0) is 39.9 Å². The maximum atomic E-state index is 14.3. The molecular formula is C40H40NO9P. The molecule has 0 aliphatic carbocycles. The summed E-state index contributed by atoms with van der Waals surface area (Å²) in [4.78, 5) is 26.5. The first-order valence-corrected chi connectivity index (χ1v) is 17.8. The molecule has 11 heteroatoms. The molecule has 10 nitrogen and oxygen atoms in total. The summed E-state index contributed by atoms with van der Waals surface area (Å²) in [6.45, 7) is 1.42. The molecule has 1 atom stereocenters. The van der Waals surface area contributed by atoms with Crippen LogP contribution in [0.25, 0.3) is 0 Å². The summed E-state index contributed by atoms with van der Waals surface area (Å²) in [5, 5.41) is 0. The van der Waals surface area contributed by atoms with Crippen LogP contribution in [0.3, 0.4) is 0 Å². The Balaban J connectivity index is 1.40. The van der Waals surface area contributed by atoms with E-state index >= 15 is 0 Å². The number of hydrogen-bond donors (Lipinski definition) is 0. The average Bonchev–Trinajstić information content (AvgIpc) is 3.16. The number of phosphoric acid groups is 1. The minimum absolute atomic E-state index is 0.0234. The van der Waals surface area contributed by atoms with Crippen LogP contribution in [0.5, 0.6) is 11.5 Å². The molecule has 0 heterocycles. The first-order chi connectivity index (χ1) is 24.8. The third-order valence-corrected chi connectivity index (χ3v) is 8.83. The summed E-state index contributed by atoms with van der Waals surface area (Å²) in [6, 6.07) is 42.1. The van der Waals surface area contributed by atoms with E-state index in [0.717, 1.165) is 22.3 Å². The van der Waals surface area contributed by atoms with Gasteiger partial charge in [0.2, 0.25) is 0 Å². The number of amides is 1. The van der Waals surface area contributed by atoms with E-state index in [4.69, 9.17) is 27.8 Å². The Bertz CT molecular complexity index is 1830. The van der Waals surface area contributed by atoms with Gasteiger partial charge in [-0.2, -0.15) is 0 Å². The third-order valence-electron chi connectivity index (χ3n) is 7.52. The molecule has 5 aromatic rings. The van der Waals surface area contributed by atoms with Crippen LogP contribution in [-0.2, 0) is 54.3 Å². The number of esters is 1. The predicted octanol–water partition coefficient (Wildman–Crippen LogP) is 9.06. The van der Waals surface area contributed by atoms with Gasteiger partial charge in [0.15, 0.2) is 11.5 Å². The van der Waals surface area contributed by atoms with Gasteiger partial charge in [0, 0.05) is 14.0 Å². The van der Waals surface area contributed by atoms with E-state index in [1.54, 1.807) is 25.2 Å². The molecule has 0 spiro atoms. The van der Waals surface area contributed by atoms with Crippen LogP contribution in [0.2, 0.25) is 0 Å². The van der Waals surface area contributed by atoms with E-state index in [1.807, 2.05) is 121 Å². The Kier molecular flexibility index (Phi) is 13.4. The number of rotatable bonds is 17. The first-order valence-electron chi connectivity index (χ1n) is 16.3. The zero-order chi connectivity index (χ0) is 35.9. The van der Waals surface area contributed by atoms with Gasteiger partial charge >= 0.3 is 19.9 Å². The number of hydrogen-bond acceptors (Lipinski definition) is 9. The summed E-state index contributed by atoms with van der Waals surface area (Å²) in [7, 11) is -2.71. The highest BCUT2D eigenvalue weighted by Crippen LogP contribution is 2.53. The molecule has 0 saturated carbocycles. The van der Waals surface area contributed by atoms with Gasteiger partial charge in [-0.25, -0.2) is 9.36 Å². The number of carbonyl (C=O) groups excluding carboxylic acids is 2. The van der Waals surface area contributed by atoms with Gasteiger partial charge in [0.1, 0.15) is 19.3 Å². The van der Waals surface area contributed by atoms with Crippen molar-refractivity contribution in [3.05, 3.63) is 167 Å². The quantitative estimate of drug-likeness (QED) is 0.0690. The second kappa shape index (κ2) is 18.5. The van der Waals surface area contributed by atoms with Crippen LogP contribution < -0.4 is 9.26 Å². The summed E-state index contributed by atoms with van der Waals surface area (Å²) in [5.74, 6) is -0.280. The Labute approximate surface area is 298 Å². The number of benzene rings is 5. The fourth-order valence-electron chi connectivity index (χ4n) is 4.88. The van der Waals surface area contributed by atoms with Crippen LogP contribution >= 0.6 is 7.82 Å². The van der Waals surface area contributed by atoms with Gasteiger partial charge in [-0.15, -0.1) is 0 Å². The van der Waals surface area contributed by atoms with E-state index in [9.17, 15) is 14.2 Å². The molecule has 1 unspecified atom stereocenters. The molecule has 0 saturated heterocycles. The lowest BCUT2D eigenvalue weighted by molar-refractivity contribution is -0.147. The topological polar surface area (TPSA) is 110 Å². The lowest BCUT2D eigenvalue weighted by Gasteiger charge is -2.25. The van der Waals surface area contributed by atoms with Crippen LogP contribution in [0.15, 0.2) is 140 Å². The largest absolute Gasteiger partial charge is 0.530 e.